The van der Waals surface area contributed by atoms with Crippen molar-refractivity contribution in [2.24, 2.45) is 5.92 Å². The molecule has 0 aromatic heterocycles. The van der Waals surface area contributed by atoms with Crippen molar-refractivity contribution in [3.8, 4) is 0 Å². The molecule has 3 nitrogen and oxygen atoms in total. The molecule has 2 rings (SSSR count). The van der Waals surface area contributed by atoms with E-state index in [-0.39, 0.29) is 5.92 Å². The van der Waals surface area contributed by atoms with Crippen LogP contribution in [-0.4, -0.2) is 17.1 Å². The Labute approximate surface area is 95.5 Å². The SMILES string of the molecule is O=C(O)C1CCC(Nc2ccccc2)CC1. The van der Waals surface area contributed by atoms with E-state index in [9.17, 15) is 4.79 Å². The fraction of sp³-hybridized carbons (Fsp3) is 0.462. The van der Waals surface area contributed by atoms with Crippen molar-refractivity contribution < 1.29 is 9.90 Å². The lowest BCUT2D eigenvalue weighted by atomic mass is 9.86. The second-order valence-corrected chi connectivity index (χ2v) is 4.40. The molecule has 1 aromatic carbocycles. The predicted octanol–water partition coefficient (Wildman–Crippen LogP) is 2.74. The number of hydrogen-bond donors (Lipinski definition) is 2. The Kier molecular flexibility index (Phi) is 3.44. The monoisotopic (exact) mass is 219 g/mol. The molecule has 0 bridgehead atoms. The van der Waals surface area contributed by atoms with Gasteiger partial charge in [-0.1, -0.05) is 18.2 Å². The number of benzene rings is 1. The summed E-state index contributed by atoms with van der Waals surface area (Å²) >= 11 is 0. The smallest absolute Gasteiger partial charge is 0.306 e. The van der Waals surface area contributed by atoms with Crippen LogP contribution in [0.2, 0.25) is 0 Å². The van der Waals surface area contributed by atoms with Crippen molar-refractivity contribution in [1.82, 2.24) is 0 Å². The second kappa shape index (κ2) is 5.01. The van der Waals surface area contributed by atoms with Gasteiger partial charge in [-0.2, -0.15) is 0 Å². The molecular weight excluding hydrogens is 202 g/mol. The molecule has 1 saturated carbocycles. The maximum Gasteiger partial charge on any atom is 0.306 e. The minimum absolute atomic E-state index is 0.131. The first-order valence-electron chi connectivity index (χ1n) is 5.80. The molecule has 0 saturated heterocycles. The van der Waals surface area contributed by atoms with Gasteiger partial charge >= 0.3 is 5.97 Å². The van der Waals surface area contributed by atoms with E-state index in [0.29, 0.717) is 6.04 Å². The van der Waals surface area contributed by atoms with E-state index in [1.807, 2.05) is 30.3 Å². The summed E-state index contributed by atoms with van der Waals surface area (Å²) in [5, 5.41) is 12.3. The van der Waals surface area contributed by atoms with Crippen molar-refractivity contribution in [3.63, 3.8) is 0 Å². The zero-order valence-corrected chi connectivity index (χ0v) is 9.23. The molecule has 3 heteroatoms. The van der Waals surface area contributed by atoms with Gasteiger partial charge in [-0.05, 0) is 37.8 Å². The summed E-state index contributed by atoms with van der Waals surface area (Å²) in [6, 6.07) is 10.5. The molecule has 1 fully saturated rings. The van der Waals surface area contributed by atoms with E-state index in [1.54, 1.807) is 0 Å². The quantitative estimate of drug-likeness (QED) is 0.821. The number of hydrogen-bond acceptors (Lipinski definition) is 2. The Morgan fingerprint density at radius 1 is 1.12 bits per heavy atom. The highest BCUT2D eigenvalue weighted by molar-refractivity contribution is 5.70. The van der Waals surface area contributed by atoms with Gasteiger partial charge in [0.2, 0.25) is 0 Å². The van der Waals surface area contributed by atoms with Gasteiger partial charge in [0.1, 0.15) is 0 Å². The maximum atomic E-state index is 10.8. The van der Waals surface area contributed by atoms with Gasteiger partial charge < -0.3 is 10.4 Å². The Bertz CT molecular complexity index is 342. The minimum atomic E-state index is -0.641. The van der Waals surface area contributed by atoms with Crippen LogP contribution in [-0.2, 0) is 4.79 Å². The third kappa shape index (κ3) is 2.75. The molecule has 0 amide bonds. The van der Waals surface area contributed by atoms with Crippen molar-refractivity contribution in [3.05, 3.63) is 30.3 Å². The average molecular weight is 219 g/mol. The highest BCUT2D eigenvalue weighted by atomic mass is 16.4. The summed E-state index contributed by atoms with van der Waals surface area (Å²) in [6.07, 6.45) is 3.48. The minimum Gasteiger partial charge on any atom is -0.481 e. The number of carboxylic acids is 1. The normalized spacial score (nSPS) is 25.0. The van der Waals surface area contributed by atoms with Crippen LogP contribution in [0.15, 0.2) is 30.3 Å². The Balaban J connectivity index is 1.84. The molecule has 0 spiro atoms. The lowest BCUT2D eigenvalue weighted by Gasteiger charge is -2.27. The van der Waals surface area contributed by atoms with Gasteiger partial charge in [-0.15, -0.1) is 0 Å². The van der Waals surface area contributed by atoms with Crippen LogP contribution in [0, 0.1) is 5.92 Å². The molecule has 0 atom stereocenters. The van der Waals surface area contributed by atoms with E-state index in [4.69, 9.17) is 5.11 Å². The zero-order valence-electron chi connectivity index (χ0n) is 9.23. The standard InChI is InChI=1S/C13H17NO2/c15-13(16)10-6-8-12(9-7-10)14-11-4-2-1-3-5-11/h1-5,10,12,14H,6-9H2,(H,15,16). The second-order valence-electron chi connectivity index (χ2n) is 4.40. The van der Waals surface area contributed by atoms with Gasteiger partial charge in [-0.25, -0.2) is 0 Å². The summed E-state index contributed by atoms with van der Waals surface area (Å²) in [4.78, 5) is 10.8. The number of rotatable bonds is 3. The highest BCUT2D eigenvalue weighted by Crippen LogP contribution is 2.26. The molecule has 0 radical (unpaired) electrons. The van der Waals surface area contributed by atoms with Crippen molar-refractivity contribution in [1.29, 1.82) is 0 Å². The molecule has 0 aliphatic heterocycles. The third-order valence-electron chi connectivity index (χ3n) is 3.22. The number of para-hydroxylation sites is 1. The highest BCUT2D eigenvalue weighted by Gasteiger charge is 2.25. The summed E-state index contributed by atoms with van der Waals surface area (Å²) in [6.45, 7) is 0. The molecule has 1 aliphatic rings. The molecular formula is C13H17NO2. The summed E-state index contributed by atoms with van der Waals surface area (Å²) in [7, 11) is 0. The average Bonchev–Trinajstić information content (AvgIpc) is 2.31. The molecule has 2 N–H and O–H groups in total. The zero-order chi connectivity index (χ0) is 11.4. The van der Waals surface area contributed by atoms with Crippen LogP contribution < -0.4 is 5.32 Å². The van der Waals surface area contributed by atoms with Crippen molar-refractivity contribution in [2.45, 2.75) is 31.7 Å². The first kappa shape index (κ1) is 11.0. The van der Waals surface area contributed by atoms with Gasteiger partial charge in [0.15, 0.2) is 0 Å². The van der Waals surface area contributed by atoms with Gasteiger partial charge in [-0.3, -0.25) is 4.79 Å². The number of carbonyl (C=O) groups is 1. The number of carboxylic acid groups (broad SMARTS) is 1. The van der Waals surface area contributed by atoms with E-state index in [0.717, 1.165) is 31.4 Å². The Morgan fingerprint density at radius 2 is 1.75 bits per heavy atom. The molecule has 86 valence electrons. The molecule has 1 aromatic rings. The van der Waals surface area contributed by atoms with Crippen LogP contribution in [0.5, 0.6) is 0 Å². The van der Waals surface area contributed by atoms with Crippen molar-refractivity contribution >= 4 is 11.7 Å². The third-order valence-corrected chi connectivity index (χ3v) is 3.22. The summed E-state index contributed by atoms with van der Waals surface area (Å²) in [5.74, 6) is -0.771. The largest absolute Gasteiger partial charge is 0.481 e. The Morgan fingerprint density at radius 3 is 2.31 bits per heavy atom. The maximum absolute atomic E-state index is 10.8. The van der Waals surface area contributed by atoms with Crippen LogP contribution in [0.1, 0.15) is 25.7 Å². The fourth-order valence-corrected chi connectivity index (χ4v) is 2.25. The first-order chi connectivity index (χ1) is 7.75. The topological polar surface area (TPSA) is 49.3 Å². The molecule has 0 heterocycles. The van der Waals surface area contributed by atoms with E-state index < -0.39 is 5.97 Å². The molecule has 1 aliphatic carbocycles. The first-order valence-corrected chi connectivity index (χ1v) is 5.80. The lowest BCUT2D eigenvalue weighted by molar-refractivity contribution is -0.142. The van der Waals surface area contributed by atoms with Crippen molar-refractivity contribution in [2.75, 3.05) is 5.32 Å². The van der Waals surface area contributed by atoms with Gasteiger partial charge in [0, 0.05) is 11.7 Å². The predicted molar refractivity (Wildman–Crippen MR) is 63.4 cm³/mol. The van der Waals surface area contributed by atoms with Crippen LogP contribution >= 0.6 is 0 Å². The van der Waals surface area contributed by atoms with E-state index in [1.165, 1.54) is 0 Å². The van der Waals surface area contributed by atoms with E-state index in [2.05, 4.69) is 5.32 Å². The number of nitrogens with one attached hydrogen (secondary N) is 1. The van der Waals surface area contributed by atoms with Crippen LogP contribution in [0.25, 0.3) is 0 Å². The lowest BCUT2D eigenvalue weighted by Crippen LogP contribution is -2.29. The van der Waals surface area contributed by atoms with E-state index >= 15 is 0 Å². The molecule has 0 unspecified atom stereocenters. The summed E-state index contributed by atoms with van der Waals surface area (Å²) in [5.41, 5.74) is 1.13. The summed E-state index contributed by atoms with van der Waals surface area (Å²) < 4.78 is 0. The number of anilines is 1. The number of aliphatic carboxylic acids is 1. The van der Waals surface area contributed by atoms with Crippen LogP contribution in [0.4, 0.5) is 5.69 Å². The fourth-order valence-electron chi connectivity index (χ4n) is 2.25. The Hall–Kier alpha value is -1.51. The van der Waals surface area contributed by atoms with Crippen LogP contribution in [0.3, 0.4) is 0 Å². The van der Waals surface area contributed by atoms with Gasteiger partial charge in [0.05, 0.1) is 5.92 Å². The van der Waals surface area contributed by atoms with Gasteiger partial charge in [0.25, 0.3) is 0 Å². The molecule has 16 heavy (non-hydrogen) atoms.